The normalized spacial score (nSPS) is 24.6. The van der Waals surface area contributed by atoms with Crippen LogP contribution in [0.3, 0.4) is 0 Å². The molecule has 0 spiro atoms. The molecule has 0 bridgehead atoms. The van der Waals surface area contributed by atoms with Crippen LogP contribution in [0.25, 0.3) is 0 Å². The van der Waals surface area contributed by atoms with Gasteiger partial charge in [-0.05, 0) is 13.5 Å². The minimum atomic E-state index is 0.198. The van der Waals surface area contributed by atoms with Crippen molar-refractivity contribution < 1.29 is 9.53 Å². The average molecular weight is 203 g/mol. The Morgan fingerprint density at radius 1 is 1.69 bits per heavy atom. The second kappa shape index (κ2) is 5.62. The van der Waals surface area contributed by atoms with Gasteiger partial charge in [0.1, 0.15) is 0 Å². The summed E-state index contributed by atoms with van der Waals surface area (Å²) in [6, 6.07) is 0. The Labute approximate surface area is 83.8 Å². The first kappa shape index (κ1) is 11.0. The predicted molar refractivity (Wildman–Crippen MR) is 55.0 cm³/mol. The van der Waals surface area contributed by atoms with Crippen molar-refractivity contribution in [1.29, 1.82) is 0 Å². The molecule has 1 fully saturated rings. The molecule has 3 nitrogen and oxygen atoms in total. The number of likely N-dealkylation sites (N-methyl/N-ethyl adjacent to an activating group) is 1. The molecule has 13 heavy (non-hydrogen) atoms. The van der Waals surface area contributed by atoms with Gasteiger partial charge in [-0.1, -0.05) is 11.8 Å². The van der Waals surface area contributed by atoms with Crippen molar-refractivity contribution in [3.63, 3.8) is 0 Å². The van der Waals surface area contributed by atoms with Crippen LogP contribution in [0.2, 0.25) is 0 Å². The Balaban J connectivity index is 2.10. The maximum Gasteiger partial charge on any atom is 0.185 e. The van der Waals surface area contributed by atoms with Gasteiger partial charge in [-0.15, -0.1) is 0 Å². The second-order valence-electron chi connectivity index (χ2n) is 3.38. The Hall–Kier alpha value is -0.0600. The number of carbonyl (C=O) groups excluding carboxylic acids is 1. The summed E-state index contributed by atoms with van der Waals surface area (Å²) in [5.74, 6) is 0.883. The van der Waals surface area contributed by atoms with Crippen molar-refractivity contribution in [2.24, 2.45) is 0 Å². The van der Waals surface area contributed by atoms with Gasteiger partial charge in [0.2, 0.25) is 0 Å². The van der Waals surface area contributed by atoms with Gasteiger partial charge in [0.15, 0.2) is 5.12 Å². The van der Waals surface area contributed by atoms with E-state index >= 15 is 0 Å². The maximum atomic E-state index is 10.7. The highest BCUT2D eigenvalue weighted by Crippen LogP contribution is 2.11. The molecule has 0 N–H and O–H groups in total. The van der Waals surface area contributed by atoms with E-state index in [0.29, 0.717) is 6.10 Å². The third-order valence-corrected chi connectivity index (χ3v) is 2.93. The largest absolute Gasteiger partial charge is 0.376 e. The molecule has 1 aliphatic rings. The van der Waals surface area contributed by atoms with Gasteiger partial charge >= 0.3 is 0 Å². The highest BCUT2D eigenvalue weighted by atomic mass is 32.2. The lowest BCUT2D eigenvalue weighted by atomic mass is 10.2. The molecule has 0 aliphatic carbocycles. The number of carbonyl (C=O) groups is 1. The van der Waals surface area contributed by atoms with Crippen molar-refractivity contribution >= 4 is 16.9 Å². The Kier molecular flexibility index (Phi) is 4.77. The molecule has 1 heterocycles. The lowest BCUT2D eigenvalue weighted by Crippen LogP contribution is -2.40. The summed E-state index contributed by atoms with van der Waals surface area (Å²) in [6.45, 7) is 4.46. The quantitative estimate of drug-likeness (QED) is 0.684. The SMILES string of the molecule is CC(=O)SCCC1CN(C)CCO1. The van der Waals surface area contributed by atoms with Crippen LogP contribution < -0.4 is 0 Å². The summed E-state index contributed by atoms with van der Waals surface area (Å²) >= 11 is 1.39. The van der Waals surface area contributed by atoms with Crippen molar-refractivity contribution in [2.75, 3.05) is 32.5 Å². The maximum absolute atomic E-state index is 10.7. The number of thioether (sulfide) groups is 1. The van der Waals surface area contributed by atoms with E-state index < -0.39 is 0 Å². The molecule has 1 unspecified atom stereocenters. The molecular weight excluding hydrogens is 186 g/mol. The van der Waals surface area contributed by atoms with Crippen LogP contribution in [0, 0.1) is 0 Å². The van der Waals surface area contributed by atoms with Crippen molar-refractivity contribution in [3.05, 3.63) is 0 Å². The van der Waals surface area contributed by atoms with E-state index in [1.807, 2.05) is 0 Å². The summed E-state index contributed by atoms with van der Waals surface area (Å²) in [4.78, 5) is 12.9. The zero-order valence-corrected chi connectivity index (χ0v) is 9.10. The molecule has 0 aromatic carbocycles. The Morgan fingerprint density at radius 3 is 3.08 bits per heavy atom. The zero-order valence-electron chi connectivity index (χ0n) is 8.28. The van der Waals surface area contributed by atoms with E-state index in [4.69, 9.17) is 4.74 Å². The highest BCUT2D eigenvalue weighted by molar-refractivity contribution is 8.13. The molecule has 0 amide bonds. The Morgan fingerprint density at radius 2 is 2.46 bits per heavy atom. The van der Waals surface area contributed by atoms with Crippen LogP contribution in [0.1, 0.15) is 13.3 Å². The van der Waals surface area contributed by atoms with E-state index in [9.17, 15) is 4.79 Å². The van der Waals surface area contributed by atoms with Crippen molar-refractivity contribution in [3.8, 4) is 0 Å². The van der Waals surface area contributed by atoms with Gasteiger partial charge < -0.3 is 9.64 Å². The van der Waals surface area contributed by atoms with E-state index in [2.05, 4.69) is 11.9 Å². The molecule has 0 aromatic rings. The Bertz CT molecular complexity index is 175. The second-order valence-corrected chi connectivity index (χ2v) is 4.66. The molecule has 1 atom stereocenters. The molecule has 1 rings (SSSR count). The van der Waals surface area contributed by atoms with E-state index in [1.54, 1.807) is 6.92 Å². The van der Waals surface area contributed by atoms with Crippen LogP contribution in [0.15, 0.2) is 0 Å². The van der Waals surface area contributed by atoms with Crippen LogP contribution >= 0.6 is 11.8 Å². The van der Waals surface area contributed by atoms with Gasteiger partial charge in [0.25, 0.3) is 0 Å². The third kappa shape index (κ3) is 4.64. The minimum absolute atomic E-state index is 0.198. The molecule has 0 saturated carbocycles. The first-order chi connectivity index (χ1) is 6.18. The lowest BCUT2D eigenvalue weighted by Gasteiger charge is -2.29. The fraction of sp³-hybridized carbons (Fsp3) is 0.889. The number of nitrogens with zero attached hydrogens (tertiary/aromatic N) is 1. The van der Waals surface area contributed by atoms with E-state index in [0.717, 1.165) is 31.9 Å². The summed E-state index contributed by atoms with van der Waals surface area (Å²) in [5, 5.41) is 0.198. The summed E-state index contributed by atoms with van der Waals surface area (Å²) in [7, 11) is 2.10. The number of hydrogen-bond donors (Lipinski definition) is 0. The fourth-order valence-electron chi connectivity index (χ4n) is 1.38. The third-order valence-electron chi connectivity index (χ3n) is 2.09. The summed E-state index contributed by atoms with van der Waals surface area (Å²) in [5.41, 5.74) is 0. The van der Waals surface area contributed by atoms with Crippen molar-refractivity contribution in [2.45, 2.75) is 19.4 Å². The number of ether oxygens (including phenoxy) is 1. The number of morpholine rings is 1. The van der Waals surface area contributed by atoms with E-state index in [1.165, 1.54) is 11.8 Å². The van der Waals surface area contributed by atoms with Crippen molar-refractivity contribution in [1.82, 2.24) is 4.90 Å². The summed E-state index contributed by atoms with van der Waals surface area (Å²) < 4.78 is 5.56. The molecule has 4 heteroatoms. The number of hydrogen-bond acceptors (Lipinski definition) is 4. The van der Waals surface area contributed by atoms with Gasteiger partial charge in [0, 0.05) is 25.8 Å². The molecule has 0 aromatic heterocycles. The van der Waals surface area contributed by atoms with Gasteiger partial charge in [-0.25, -0.2) is 0 Å². The first-order valence-corrected chi connectivity index (χ1v) is 5.60. The van der Waals surface area contributed by atoms with Crippen LogP contribution in [0.5, 0.6) is 0 Å². The molecule has 1 aliphatic heterocycles. The van der Waals surface area contributed by atoms with Crippen LogP contribution in [-0.4, -0.2) is 48.6 Å². The van der Waals surface area contributed by atoms with Crippen LogP contribution in [-0.2, 0) is 9.53 Å². The van der Waals surface area contributed by atoms with Gasteiger partial charge in [-0.2, -0.15) is 0 Å². The average Bonchev–Trinajstić information content (AvgIpc) is 2.03. The minimum Gasteiger partial charge on any atom is -0.376 e. The highest BCUT2D eigenvalue weighted by Gasteiger charge is 2.17. The number of rotatable bonds is 3. The smallest absolute Gasteiger partial charge is 0.185 e. The predicted octanol–water partition coefficient (Wildman–Crippen LogP) is 0.987. The van der Waals surface area contributed by atoms with E-state index in [-0.39, 0.29) is 5.12 Å². The lowest BCUT2D eigenvalue weighted by molar-refractivity contribution is -0.109. The summed E-state index contributed by atoms with van der Waals surface area (Å²) in [6.07, 6.45) is 1.31. The first-order valence-electron chi connectivity index (χ1n) is 4.62. The topological polar surface area (TPSA) is 29.5 Å². The standard InChI is InChI=1S/C9H17NO2S/c1-8(11)13-6-3-9-7-10(2)4-5-12-9/h9H,3-7H2,1-2H3. The van der Waals surface area contributed by atoms with Gasteiger partial charge in [-0.3, -0.25) is 4.79 Å². The zero-order chi connectivity index (χ0) is 9.68. The molecular formula is C9H17NO2S. The molecule has 1 saturated heterocycles. The van der Waals surface area contributed by atoms with Gasteiger partial charge in [0.05, 0.1) is 12.7 Å². The molecule has 76 valence electrons. The monoisotopic (exact) mass is 203 g/mol. The molecule has 0 radical (unpaired) electrons. The fourth-order valence-corrected chi connectivity index (χ4v) is 2.04. The van der Waals surface area contributed by atoms with Crippen LogP contribution in [0.4, 0.5) is 0 Å².